The Labute approximate surface area is 169 Å². The van der Waals surface area contributed by atoms with Crippen LogP contribution in [0, 0.1) is 0 Å². The highest BCUT2D eigenvalue weighted by atomic mass is 16.5. The monoisotopic (exact) mass is 398 g/mol. The normalized spacial score (nSPS) is 11.0. The summed E-state index contributed by atoms with van der Waals surface area (Å²) in [6, 6.07) is 7.83. The minimum Gasteiger partial charge on any atom is -0.496 e. The zero-order valence-corrected chi connectivity index (χ0v) is 17.2. The zero-order chi connectivity index (χ0) is 21.0. The van der Waals surface area contributed by atoms with E-state index in [1.807, 2.05) is 38.2 Å². The molecule has 0 unspecified atom stereocenters. The van der Waals surface area contributed by atoms with E-state index < -0.39 is 5.97 Å². The van der Waals surface area contributed by atoms with Crippen molar-refractivity contribution in [3.63, 3.8) is 0 Å². The van der Waals surface area contributed by atoms with Crippen molar-refractivity contribution < 1.29 is 24.1 Å². The fourth-order valence-corrected chi connectivity index (χ4v) is 3.54. The highest BCUT2D eigenvalue weighted by Crippen LogP contribution is 2.43. The second-order valence-electron chi connectivity index (χ2n) is 6.71. The van der Waals surface area contributed by atoms with Crippen LogP contribution in [0.5, 0.6) is 11.5 Å². The molecule has 0 saturated heterocycles. The lowest BCUT2D eigenvalue weighted by molar-refractivity contribution is -0.136. The first-order valence-electron chi connectivity index (χ1n) is 9.48. The van der Waals surface area contributed by atoms with Crippen LogP contribution in [0.4, 0.5) is 0 Å². The Bertz CT molecular complexity index is 1000. The van der Waals surface area contributed by atoms with Crippen LogP contribution in [0.3, 0.4) is 0 Å². The molecule has 0 aliphatic rings. The maximum absolute atomic E-state index is 11.0. The van der Waals surface area contributed by atoms with E-state index in [1.54, 1.807) is 25.1 Å². The van der Waals surface area contributed by atoms with Crippen LogP contribution in [0.1, 0.15) is 24.5 Å². The van der Waals surface area contributed by atoms with Gasteiger partial charge in [0.25, 0.3) is 0 Å². The molecule has 0 aliphatic heterocycles. The Hall–Kier alpha value is -3.06. The van der Waals surface area contributed by atoms with Gasteiger partial charge in [-0.2, -0.15) is 5.10 Å². The van der Waals surface area contributed by atoms with Crippen LogP contribution in [-0.2, 0) is 29.6 Å². The number of aromatic nitrogens is 2. The van der Waals surface area contributed by atoms with Gasteiger partial charge in [-0.25, -0.2) is 0 Å². The Kier molecular flexibility index (Phi) is 6.39. The van der Waals surface area contributed by atoms with Gasteiger partial charge in [-0.3, -0.25) is 9.48 Å². The molecule has 0 saturated carbocycles. The maximum Gasteiger partial charge on any atom is 0.303 e. The summed E-state index contributed by atoms with van der Waals surface area (Å²) in [5.74, 6) is 0.541. The average molecular weight is 398 g/mol. The Morgan fingerprint density at radius 3 is 2.45 bits per heavy atom. The van der Waals surface area contributed by atoms with Crippen LogP contribution >= 0.6 is 0 Å². The van der Waals surface area contributed by atoms with Crippen molar-refractivity contribution in [2.75, 3.05) is 20.8 Å². The molecule has 0 bridgehead atoms. The molecule has 0 amide bonds. The number of ether oxygens (including phenoxy) is 3. The predicted molar refractivity (Wildman–Crippen MR) is 111 cm³/mol. The number of aliphatic carboxylic acids is 1. The van der Waals surface area contributed by atoms with Crippen LogP contribution in [-0.4, -0.2) is 41.7 Å². The summed E-state index contributed by atoms with van der Waals surface area (Å²) in [5, 5.41) is 14.4. The number of hydrogen-bond donors (Lipinski definition) is 1. The molecule has 3 rings (SSSR count). The van der Waals surface area contributed by atoms with Gasteiger partial charge in [0.1, 0.15) is 11.5 Å². The molecule has 29 heavy (non-hydrogen) atoms. The molecule has 1 heterocycles. The fraction of sp³-hybridized carbons (Fsp3) is 0.364. The highest BCUT2D eigenvalue weighted by Gasteiger charge is 2.20. The average Bonchev–Trinajstić information content (AvgIpc) is 3.11. The van der Waals surface area contributed by atoms with Gasteiger partial charge in [-0.15, -0.1) is 0 Å². The third-order valence-electron chi connectivity index (χ3n) is 4.91. The lowest BCUT2D eigenvalue weighted by Gasteiger charge is -2.17. The van der Waals surface area contributed by atoms with Crippen molar-refractivity contribution in [1.29, 1.82) is 0 Å². The quantitative estimate of drug-likeness (QED) is 0.590. The number of fused-ring (bicyclic) bond motifs is 1. The summed E-state index contributed by atoms with van der Waals surface area (Å²) in [6.45, 7) is 3.05. The number of methoxy groups -OCH3 is 2. The lowest BCUT2D eigenvalue weighted by atomic mass is 9.95. The summed E-state index contributed by atoms with van der Waals surface area (Å²) < 4.78 is 18.7. The third-order valence-corrected chi connectivity index (χ3v) is 4.91. The molecular weight excluding hydrogens is 372 g/mol. The van der Waals surface area contributed by atoms with Crippen molar-refractivity contribution in [3.8, 4) is 22.6 Å². The Morgan fingerprint density at radius 1 is 1.17 bits per heavy atom. The number of carboxylic acids is 1. The number of carboxylic acid groups (broad SMARTS) is 1. The molecule has 0 atom stereocenters. The van der Waals surface area contributed by atoms with E-state index in [0.717, 1.165) is 33.2 Å². The molecule has 0 fully saturated rings. The molecule has 7 nitrogen and oxygen atoms in total. The van der Waals surface area contributed by atoms with Crippen molar-refractivity contribution in [2.24, 2.45) is 7.05 Å². The summed E-state index contributed by atoms with van der Waals surface area (Å²) in [7, 11) is 5.13. The van der Waals surface area contributed by atoms with E-state index in [2.05, 4.69) is 5.10 Å². The van der Waals surface area contributed by atoms with E-state index in [-0.39, 0.29) is 6.42 Å². The SMILES string of the molecule is CCOCc1cc(OC)c(-c2ccc(CCC(=O)O)c3cnn(C)c23)c(OC)c1. The second kappa shape index (κ2) is 8.96. The number of nitrogens with zero attached hydrogens (tertiary/aromatic N) is 2. The van der Waals surface area contributed by atoms with Crippen molar-refractivity contribution in [3.05, 3.63) is 41.6 Å². The first-order chi connectivity index (χ1) is 14.0. The fourth-order valence-electron chi connectivity index (χ4n) is 3.54. The largest absolute Gasteiger partial charge is 0.496 e. The number of rotatable bonds is 9. The molecule has 1 aromatic heterocycles. The Morgan fingerprint density at radius 2 is 1.86 bits per heavy atom. The van der Waals surface area contributed by atoms with Crippen LogP contribution < -0.4 is 9.47 Å². The van der Waals surface area contributed by atoms with Gasteiger partial charge < -0.3 is 19.3 Å². The zero-order valence-electron chi connectivity index (χ0n) is 17.2. The number of aryl methyl sites for hydroxylation is 2. The maximum atomic E-state index is 11.0. The van der Waals surface area contributed by atoms with Gasteiger partial charge in [0.2, 0.25) is 0 Å². The van der Waals surface area contributed by atoms with Crippen molar-refractivity contribution in [1.82, 2.24) is 9.78 Å². The van der Waals surface area contributed by atoms with Crippen LogP contribution in [0.25, 0.3) is 22.0 Å². The Balaban J connectivity index is 2.19. The van der Waals surface area contributed by atoms with Gasteiger partial charge in [0, 0.05) is 31.0 Å². The molecule has 1 N–H and O–H groups in total. The third kappa shape index (κ3) is 4.19. The lowest BCUT2D eigenvalue weighted by Crippen LogP contribution is -2.01. The van der Waals surface area contributed by atoms with E-state index in [0.29, 0.717) is 31.1 Å². The first kappa shape index (κ1) is 20.7. The van der Waals surface area contributed by atoms with Gasteiger partial charge in [-0.05, 0) is 36.6 Å². The first-order valence-corrected chi connectivity index (χ1v) is 9.48. The number of hydrogen-bond acceptors (Lipinski definition) is 5. The van der Waals surface area contributed by atoms with Gasteiger partial charge >= 0.3 is 5.97 Å². The van der Waals surface area contributed by atoms with Crippen molar-refractivity contribution in [2.45, 2.75) is 26.4 Å². The molecule has 7 heteroatoms. The van der Waals surface area contributed by atoms with E-state index in [1.165, 1.54) is 0 Å². The molecular formula is C22H26N2O5. The van der Waals surface area contributed by atoms with Gasteiger partial charge in [0.05, 0.1) is 38.1 Å². The summed E-state index contributed by atoms with van der Waals surface area (Å²) >= 11 is 0. The molecule has 0 spiro atoms. The summed E-state index contributed by atoms with van der Waals surface area (Å²) in [5.41, 5.74) is 4.56. The van der Waals surface area contributed by atoms with E-state index in [4.69, 9.17) is 19.3 Å². The molecule has 0 aliphatic carbocycles. The number of benzene rings is 2. The molecule has 0 radical (unpaired) electrons. The van der Waals surface area contributed by atoms with Crippen molar-refractivity contribution >= 4 is 16.9 Å². The molecule has 3 aromatic rings. The van der Waals surface area contributed by atoms with Gasteiger partial charge in [0.15, 0.2) is 0 Å². The summed E-state index contributed by atoms with van der Waals surface area (Å²) in [6.07, 6.45) is 2.29. The van der Waals surface area contributed by atoms with E-state index in [9.17, 15) is 4.79 Å². The summed E-state index contributed by atoms with van der Waals surface area (Å²) in [4.78, 5) is 11.0. The highest BCUT2D eigenvalue weighted by molar-refractivity contribution is 5.99. The van der Waals surface area contributed by atoms with Gasteiger partial charge in [-0.1, -0.05) is 12.1 Å². The minimum absolute atomic E-state index is 0.0715. The second-order valence-corrected chi connectivity index (χ2v) is 6.71. The van der Waals surface area contributed by atoms with Crippen LogP contribution in [0.2, 0.25) is 0 Å². The van der Waals surface area contributed by atoms with Crippen LogP contribution in [0.15, 0.2) is 30.5 Å². The van der Waals surface area contributed by atoms with E-state index >= 15 is 0 Å². The molecule has 154 valence electrons. The predicted octanol–water partition coefficient (Wildman–Crippen LogP) is 3.81. The minimum atomic E-state index is -0.820. The molecule has 2 aromatic carbocycles. The smallest absolute Gasteiger partial charge is 0.303 e. The standard InChI is InChI=1S/C22H26N2O5/c1-5-29-13-14-10-18(27-3)21(19(11-14)28-4)16-8-6-15(7-9-20(25)26)17-12-23-24(2)22(16)17/h6,8,10-12H,5,7,9,13H2,1-4H3,(H,25,26). The number of carbonyl (C=O) groups is 1. The topological polar surface area (TPSA) is 82.8 Å².